The summed E-state index contributed by atoms with van der Waals surface area (Å²) in [5.74, 6) is -4.21. The summed E-state index contributed by atoms with van der Waals surface area (Å²) in [6.45, 7) is 7.74. The predicted octanol–water partition coefficient (Wildman–Crippen LogP) is 28.5. The Bertz CT molecular complexity index is 6450. The molecule has 546 valence electrons. The van der Waals surface area contributed by atoms with E-state index in [1.165, 1.54) is 0 Å². The highest BCUT2D eigenvalue weighted by molar-refractivity contribution is 6.12. The van der Waals surface area contributed by atoms with Crippen LogP contribution in [0.3, 0.4) is 0 Å². The topological polar surface area (TPSA) is 51.2 Å². The van der Waals surface area contributed by atoms with Crippen molar-refractivity contribution in [2.75, 3.05) is 9.80 Å². The third kappa shape index (κ3) is 11.0. The number of rotatable bonds is 17. The monoisotopic (exact) mass is 1490 g/mol. The second-order valence-corrected chi connectivity index (χ2v) is 28.6. The number of anilines is 6. The summed E-state index contributed by atoms with van der Waals surface area (Å²) in [5, 5.41) is 3.57. The van der Waals surface area contributed by atoms with Gasteiger partial charge in [0.05, 0.1) is 22.2 Å². The second-order valence-electron chi connectivity index (χ2n) is 28.6. The molecule has 0 saturated heterocycles. The summed E-state index contributed by atoms with van der Waals surface area (Å²) in [4.78, 5) is 4.18. The van der Waals surface area contributed by atoms with Crippen molar-refractivity contribution in [3.05, 3.63) is 443 Å². The maximum Gasteiger partial charge on any atom is 0.159 e. The van der Waals surface area contributed by atoms with Crippen LogP contribution in [0.1, 0.15) is 55.6 Å². The Morgan fingerprint density at radius 3 is 0.991 bits per heavy atom. The Hall–Kier alpha value is -14.6. The zero-order valence-electron chi connectivity index (χ0n) is 60.7. The van der Waals surface area contributed by atoms with Crippen molar-refractivity contribution in [2.45, 2.75) is 10.8 Å². The van der Waals surface area contributed by atoms with Gasteiger partial charge in [0.2, 0.25) is 0 Å². The molecule has 0 spiro atoms. The van der Waals surface area contributed by atoms with Crippen LogP contribution in [0.5, 0.6) is 23.0 Å². The van der Waals surface area contributed by atoms with Crippen LogP contribution in [0.25, 0.3) is 89.4 Å². The zero-order chi connectivity index (χ0) is 77.1. The number of furan rings is 2. The molecule has 2 heterocycles. The third-order valence-corrected chi connectivity index (χ3v) is 22.4. The minimum Gasteiger partial charge on any atom is -0.457 e. The number of halogens is 6. The Kier molecular flexibility index (Phi) is 16.3. The minimum absolute atomic E-state index is 0.344. The Balaban J connectivity index is 0.726. The van der Waals surface area contributed by atoms with Crippen molar-refractivity contribution >= 4 is 90.2 Å². The van der Waals surface area contributed by atoms with Crippen molar-refractivity contribution in [1.82, 2.24) is 0 Å². The van der Waals surface area contributed by atoms with Gasteiger partial charge in [-0.3, -0.25) is 0 Å². The van der Waals surface area contributed by atoms with Gasteiger partial charge < -0.3 is 28.1 Å². The molecule has 114 heavy (non-hydrogen) atoms. The van der Waals surface area contributed by atoms with Crippen LogP contribution in [-0.2, 0) is 10.8 Å². The highest BCUT2D eigenvalue weighted by atomic mass is 19.2. The number of ether oxygens (including phenoxy) is 2. The average molecular weight is 1490 g/mol. The van der Waals surface area contributed by atoms with Gasteiger partial charge in [-0.05, 0) is 199 Å². The van der Waals surface area contributed by atoms with Crippen molar-refractivity contribution in [2.24, 2.45) is 0 Å². The number of nitrogens with zero attached hydrogens (tertiary/aromatic N) is 2. The quantitative estimate of drug-likeness (QED) is 0.0847. The lowest BCUT2D eigenvalue weighted by atomic mass is 9.67. The van der Waals surface area contributed by atoms with Gasteiger partial charge in [-0.1, -0.05) is 219 Å². The van der Waals surface area contributed by atoms with Crippen molar-refractivity contribution in [3.63, 3.8) is 0 Å². The maximum atomic E-state index is 17.4. The molecule has 2 aliphatic carbocycles. The number of benzene rings is 16. The van der Waals surface area contributed by atoms with Crippen LogP contribution in [0.2, 0.25) is 0 Å². The smallest absolute Gasteiger partial charge is 0.159 e. The van der Waals surface area contributed by atoms with Crippen LogP contribution in [-0.4, -0.2) is 0 Å². The molecule has 2 aromatic heterocycles. The molecule has 6 nitrogen and oxygen atoms in total. The molecule has 0 radical (unpaired) electrons. The largest absolute Gasteiger partial charge is 0.457 e. The van der Waals surface area contributed by atoms with Gasteiger partial charge in [0.15, 0.2) is 11.2 Å². The Morgan fingerprint density at radius 2 is 0.614 bits per heavy atom. The fourth-order valence-corrected chi connectivity index (χ4v) is 17.5. The lowest BCUT2D eigenvalue weighted by Crippen LogP contribution is -2.31. The molecule has 0 fully saturated rings. The van der Waals surface area contributed by atoms with E-state index in [2.05, 4.69) is 23.0 Å². The van der Waals surface area contributed by atoms with E-state index in [9.17, 15) is 0 Å². The molecule has 0 aliphatic heterocycles. The molecule has 0 bridgehead atoms. The number of para-hydroxylation sites is 4. The van der Waals surface area contributed by atoms with E-state index < -0.39 is 45.7 Å². The summed E-state index contributed by atoms with van der Waals surface area (Å²) in [5.41, 5.74) is 12.3. The zero-order valence-corrected chi connectivity index (χ0v) is 60.7. The molecular weight excluding hydrogens is 1430 g/mol. The fourth-order valence-electron chi connectivity index (χ4n) is 17.5. The summed E-state index contributed by atoms with van der Waals surface area (Å²) < 4.78 is 127. The number of hydrogen-bond acceptors (Lipinski definition) is 6. The Labute approximate surface area is 651 Å². The summed E-state index contributed by atoms with van der Waals surface area (Å²) in [6, 6.07) is 103. The first-order valence-electron chi connectivity index (χ1n) is 37.3. The van der Waals surface area contributed by atoms with Gasteiger partial charge >= 0.3 is 0 Å². The van der Waals surface area contributed by atoms with Crippen molar-refractivity contribution in [3.8, 4) is 56.4 Å². The minimum atomic E-state index is -1.70. The summed E-state index contributed by atoms with van der Waals surface area (Å²) >= 11 is 0. The van der Waals surface area contributed by atoms with Crippen LogP contribution in [0.15, 0.2) is 362 Å². The first-order valence-corrected chi connectivity index (χ1v) is 37.3. The van der Waals surface area contributed by atoms with E-state index in [1.807, 2.05) is 291 Å². The molecule has 18 aromatic rings. The molecule has 2 aliphatic rings. The van der Waals surface area contributed by atoms with Gasteiger partial charge in [0.25, 0.3) is 0 Å². The van der Waals surface area contributed by atoms with E-state index in [0.717, 1.165) is 90.3 Å². The van der Waals surface area contributed by atoms with Crippen LogP contribution in [0.4, 0.5) is 60.5 Å². The molecule has 0 amide bonds. The lowest BCUT2D eigenvalue weighted by Gasteiger charge is -2.35. The molecule has 16 aromatic carbocycles. The van der Waals surface area contributed by atoms with E-state index in [1.54, 1.807) is 36.4 Å². The lowest BCUT2D eigenvalue weighted by molar-refractivity contribution is 0.481. The molecule has 20 rings (SSSR count). The van der Waals surface area contributed by atoms with Gasteiger partial charge in [0.1, 0.15) is 69.1 Å². The van der Waals surface area contributed by atoms with E-state index in [-0.39, 0.29) is 11.1 Å². The standard InChI is InChI=1S/C102H62F6N2O4/c1-3-61-27-45-73(46-28-61)111-75-49-35-65(36-50-75)101(97-89(105)55-67(103)56-90(97)106)85-21-9-5-15-77(85)79-53-43-71(59-87(79)101)109(93-23-13-19-83-81-17-7-11-25-95(81)113-99(83)93)69-39-31-63(32-40-69)64-33-41-70(42-34-64)110(94-24-14-20-84-82-18-8-12-26-96(82)114-100(84)94)72-44-54-80-78-16-6-10-22-86(78)102(88(80)60-72,98-91(107)57-68(104)58-92(98)108)66-37-51-76(52-38-66)112-74-47-29-62(4-2)30-48-74/h3-60H,1-2H2. The average Bonchev–Trinajstić information content (AvgIpc) is 1.54. The first-order chi connectivity index (χ1) is 55.8. The van der Waals surface area contributed by atoms with Crippen LogP contribution in [0, 0.1) is 34.9 Å². The van der Waals surface area contributed by atoms with Crippen molar-refractivity contribution in [1.29, 1.82) is 0 Å². The van der Waals surface area contributed by atoms with E-state index >= 15 is 26.3 Å². The van der Waals surface area contributed by atoms with Crippen LogP contribution < -0.4 is 19.3 Å². The molecule has 0 saturated carbocycles. The maximum absolute atomic E-state index is 17.4. The normalized spacial score (nSPS) is 14.5. The molecule has 12 heteroatoms. The molecule has 2 atom stereocenters. The molecular formula is C102H62F6N2O4. The Morgan fingerprint density at radius 1 is 0.289 bits per heavy atom. The highest BCUT2D eigenvalue weighted by Gasteiger charge is 2.52. The van der Waals surface area contributed by atoms with Gasteiger partial charge in [-0.15, -0.1) is 0 Å². The van der Waals surface area contributed by atoms with E-state index in [0.29, 0.717) is 113 Å². The fraction of sp³-hybridized carbons (Fsp3) is 0.0196. The second kappa shape index (κ2) is 27.1. The first kappa shape index (κ1) is 68.6. The van der Waals surface area contributed by atoms with E-state index in [4.69, 9.17) is 18.3 Å². The highest BCUT2D eigenvalue weighted by Crippen LogP contribution is 2.61. The SMILES string of the molecule is C=Cc1ccc(Oc2ccc(C3(c4c(F)cc(F)cc4F)c4ccccc4-c4ccc(N(c5ccc(-c6ccc(N(c7ccc8c(c7)C(c7ccc(Oc9ccc(C=C)cc9)cc7)(c7c(F)cc(F)cc7F)c7ccccc7-8)c7cccc8c7oc7ccccc78)cc6)cc5)c5cccc6c5oc5ccccc56)cc43)cc2)cc1. The molecule has 0 N–H and O–H groups in total. The number of fused-ring (bicyclic) bond motifs is 12. The van der Waals surface area contributed by atoms with Crippen LogP contribution >= 0.6 is 0 Å². The van der Waals surface area contributed by atoms with Gasteiger partial charge in [0, 0.05) is 79.7 Å². The van der Waals surface area contributed by atoms with Crippen molar-refractivity contribution < 1.29 is 44.7 Å². The van der Waals surface area contributed by atoms with Gasteiger partial charge in [-0.2, -0.15) is 0 Å². The summed E-state index contributed by atoms with van der Waals surface area (Å²) in [7, 11) is 0. The van der Waals surface area contributed by atoms with Gasteiger partial charge in [-0.25, -0.2) is 26.3 Å². The molecule has 2 unspecified atom stereocenters. The number of hydrogen-bond donors (Lipinski definition) is 0. The third-order valence-electron chi connectivity index (χ3n) is 22.4. The summed E-state index contributed by atoms with van der Waals surface area (Å²) in [6.07, 6.45) is 3.49. The predicted molar refractivity (Wildman–Crippen MR) is 443 cm³/mol.